The number of ether oxygens (including phenoxy) is 1. The molecular weight excluding hydrogens is 369 g/mol. The summed E-state index contributed by atoms with van der Waals surface area (Å²) in [7, 11) is 0. The topological polar surface area (TPSA) is 69.4 Å². The third kappa shape index (κ3) is 3.47. The van der Waals surface area contributed by atoms with Crippen LogP contribution in [0.5, 0.6) is 0 Å². The Balaban J connectivity index is 1.87. The van der Waals surface area contributed by atoms with Crippen LogP contribution in [-0.2, 0) is 4.74 Å². The van der Waals surface area contributed by atoms with E-state index >= 15 is 0 Å². The van der Waals surface area contributed by atoms with Gasteiger partial charge in [-0.05, 0) is 30.5 Å². The van der Waals surface area contributed by atoms with Crippen molar-refractivity contribution in [1.29, 1.82) is 0 Å². The van der Waals surface area contributed by atoms with E-state index in [1.165, 1.54) is 36.5 Å². The molecule has 0 amide bonds. The summed E-state index contributed by atoms with van der Waals surface area (Å²) in [5, 5.41) is 5.55. The fraction of sp³-hybridized carbons (Fsp3) is 0.118. The maximum absolute atomic E-state index is 14.1. The zero-order valence-corrected chi connectivity index (χ0v) is 14.5. The molecule has 128 valence electrons. The predicted molar refractivity (Wildman–Crippen MR) is 90.6 cm³/mol. The monoisotopic (exact) mass is 379 g/mol. The largest absolute Gasteiger partial charge is 0.454 e. The number of thiophene rings is 1. The Morgan fingerprint density at radius 3 is 2.80 bits per heavy atom. The normalized spacial score (nSPS) is 10.7. The lowest BCUT2D eigenvalue weighted by Crippen LogP contribution is -2.14. The van der Waals surface area contributed by atoms with Gasteiger partial charge >= 0.3 is 5.97 Å². The third-order valence-corrected chi connectivity index (χ3v) is 4.62. The maximum Gasteiger partial charge on any atom is 0.344 e. The standard InChI is InChI=1S/C17H11ClFNO4S/c1-9-14(17(22)23-8-12(21)13-6-3-7-25-13)16(20-24-9)15-10(18)4-2-5-11(15)19/h2-7H,8H2,1H3. The summed E-state index contributed by atoms with van der Waals surface area (Å²) < 4.78 is 24.2. The summed E-state index contributed by atoms with van der Waals surface area (Å²) in [6.45, 7) is 1.05. The number of nitrogens with zero attached hydrogens (tertiary/aromatic N) is 1. The molecule has 8 heteroatoms. The van der Waals surface area contributed by atoms with Crippen LogP contribution in [0.3, 0.4) is 0 Å². The summed E-state index contributed by atoms with van der Waals surface area (Å²) >= 11 is 7.27. The number of halogens is 2. The molecule has 0 aliphatic carbocycles. The van der Waals surface area contributed by atoms with Crippen LogP contribution < -0.4 is 0 Å². The van der Waals surface area contributed by atoms with Crippen molar-refractivity contribution in [3.05, 3.63) is 62.8 Å². The van der Waals surface area contributed by atoms with Crippen molar-refractivity contribution < 1.29 is 23.2 Å². The summed E-state index contributed by atoms with van der Waals surface area (Å²) in [5.74, 6) is -1.67. The molecule has 0 aliphatic heterocycles. The third-order valence-electron chi connectivity index (χ3n) is 3.40. The molecule has 0 spiro atoms. The van der Waals surface area contributed by atoms with Crippen molar-refractivity contribution in [3.8, 4) is 11.3 Å². The molecular formula is C17H11ClFNO4S. The quantitative estimate of drug-likeness (QED) is 0.480. The van der Waals surface area contributed by atoms with Gasteiger partial charge in [0.05, 0.1) is 15.5 Å². The van der Waals surface area contributed by atoms with Crippen LogP contribution in [-0.4, -0.2) is 23.5 Å². The number of aromatic nitrogens is 1. The van der Waals surface area contributed by atoms with E-state index in [0.29, 0.717) is 4.88 Å². The zero-order chi connectivity index (χ0) is 18.0. The summed E-state index contributed by atoms with van der Waals surface area (Å²) in [6, 6.07) is 7.46. The average molecular weight is 380 g/mol. The number of benzene rings is 1. The molecule has 0 saturated carbocycles. The molecule has 0 bridgehead atoms. The van der Waals surface area contributed by atoms with Crippen LogP contribution in [0.15, 0.2) is 40.2 Å². The maximum atomic E-state index is 14.1. The SMILES string of the molecule is Cc1onc(-c2c(F)cccc2Cl)c1C(=O)OCC(=O)c1cccs1. The number of esters is 1. The van der Waals surface area contributed by atoms with Crippen molar-refractivity contribution in [2.45, 2.75) is 6.92 Å². The van der Waals surface area contributed by atoms with E-state index in [1.54, 1.807) is 17.5 Å². The Labute approximate surface area is 151 Å². The number of Topliss-reactive ketones (excluding diaryl/α,β-unsaturated/α-hetero) is 1. The van der Waals surface area contributed by atoms with Crippen molar-refractivity contribution in [3.63, 3.8) is 0 Å². The van der Waals surface area contributed by atoms with Crippen LogP contribution in [0.4, 0.5) is 4.39 Å². The summed E-state index contributed by atoms with van der Waals surface area (Å²) in [5.41, 5.74) is -0.183. The van der Waals surface area contributed by atoms with E-state index in [9.17, 15) is 14.0 Å². The molecule has 1 aromatic carbocycles. The second kappa shape index (κ2) is 7.16. The van der Waals surface area contributed by atoms with Gasteiger partial charge in [-0.15, -0.1) is 11.3 Å². The van der Waals surface area contributed by atoms with Crippen molar-refractivity contribution in [1.82, 2.24) is 5.16 Å². The number of aryl methyl sites for hydroxylation is 1. The van der Waals surface area contributed by atoms with E-state index in [0.717, 1.165) is 0 Å². The Bertz CT molecular complexity index is 916. The van der Waals surface area contributed by atoms with E-state index < -0.39 is 18.4 Å². The van der Waals surface area contributed by atoms with E-state index in [2.05, 4.69) is 5.16 Å². The minimum Gasteiger partial charge on any atom is -0.454 e. The molecule has 2 heterocycles. The second-order valence-electron chi connectivity index (χ2n) is 5.04. The lowest BCUT2D eigenvalue weighted by atomic mass is 10.1. The number of carbonyl (C=O) groups is 2. The van der Waals surface area contributed by atoms with Gasteiger partial charge in [0.2, 0.25) is 5.78 Å². The lowest BCUT2D eigenvalue weighted by Gasteiger charge is -2.06. The first-order valence-electron chi connectivity index (χ1n) is 7.13. The van der Waals surface area contributed by atoms with Crippen LogP contribution in [0.1, 0.15) is 25.8 Å². The van der Waals surface area contributed by atoms with Crippen molar-refractivity contribution in [2.24, 2.45) is 0 Å². The number of carbonyl (C=O) groups excluding carboxylic acids is 2. The van der Waals surface area contributed by atoms with Crippen LogP contribution in [0.2, 0.25) is 5.02 Å². The average Bonchev–Trinajstić information content (AvgIpc) is 3.22. The van der Waals surface area contributed by atoms with Gasteiger partial charge in [-0.2, -0.15) is 0 Å². The highest BCUT2D eigenvalue weighted by Gasteiger charge is 2.27. The summed E-state index contributed by atoms with van der Waals surface area (Å²) in [4.78, 5) is 24.8. The highest BCUT2D eigenvalue weighted by molar-refractivity contribution is 7.12. The number of hydrogen-bond donors (Lipinski definition) is 0. The Kier molecular flexibility index (Phi) is 4.96. The minimum absolute atomic E-state index is 0.0578. The molecule has 0 atom stereocenters. The smallest absolute Gasteiger partial charge is 0.344 e. The van der Waals surface area contributed by atoms with Crippen molar-refractivity contribution in [2.75, 3.05) is 6.61 Å². The molecule has 3 rings (SSSR count). The Morgan fingerprint density at radius 1 is 1.32 bits per heavy atom. The first-order chi connectivity index (χ1) is 12.0. The fourth-order valence-electron chi connectivity index (χ4n) is 2.22. The second-order valence-corrected chi connectivity index (χ2v) is 6.39. The molecule has 0 unspecified atom stereocenters. The molecule has 3 aromatic rings. The van der Waals surface area contributed by atoms with Gasteiger partial charge in [-0.3, -0.25) is 4.79 Å². The Morgan fingerprint density at radius 2 is 2.12 bits per heavy atom. The molecule has 25 heavy (non-hydrogen) atoms. The van der Waals surface area contributed by atoms with E-state index in [1.807, 2.05) is 0 Å². The highest BCUT2D eigenvalue weighted by atomic mass is 35.5. The zero-order valence-electron chi connectivity index (χ0n) is 12.9. The minimum atomic E-state index is -0.835. The summed E-state index contributed by atoms with van der Waals surface area (Å²) in [6.07, 6.45) is 0. The molecule has 0 fully saturated rings. The lowest BCUT2D eigenvalue weighted by molar-refractivity contribution is 0.0474. The van der Waals surface area contributed by atoms with Gasteiger partial charge in [0.15, 0.2) is 6.61 Å². The van der Waals surface area contributed by atoms with E-state index in [-0.39, 0.29) is 33.4 Å². The molecule has 0 N–H and O–H groups in total. The molecule has 5 nitrogen and oxygen atoms in total. The van der Waals surface area contributed by atoms with Gasteiger partial charge in [0.25, 0.3) is 0 Å². The molecule has 0 saturated heterocycles. The highest BCUT2D eigenvalue weighted by Crippen LogP contribution is 2.33. The molecule has 0 radical (unpaired) electrons. The fourth-order valence-corrected chi connectivity index (χ4v) is 3.12. The van der Waals surface area contributed by atoms with Gasteiger partial charge in [0, 0.05) is 0 Å². The number of hydrogen-bond acceptors (Lipinski definition) is 6. The molecule has 0 aliphatic rings. The van der Waals surface area contributed by atoms with Gasteiger partial charge in [-0.25, -0.2) is 9.18 Å². The van der Waals surface area contributed by atoms with Gasteiger partial charge in [0.1, 0.15) is 22.8 Å². The van der Waals surface area contributed by atoms with Gasteiger partial charge < -0.3 is 9.26 Å². The Hall–Kier alpha value is -2.51. The number of ketones is 1. The van der Waals surface area contributed by atoms with Crippen LogP contribution in [0, 0.1) is 12.7 Å². The molecule has 2 aromatic heterocycles. The van der Waals surface area contributed by atoms with Crippen LogP contribution in [0.25, 0.3) is 11.3 Å². The first kappa shape index (κ1) is 17.3. The predicted octanol–water partition coefficient (Wildman–Crippen LogP) is 4.54. The number of rotatable bonds is 5. The van der Waals surface area contributed by atoms with Crippen LogP contribution >= 0.6 is 22.9 Å². The first-order valence-corrected chi connectivity index (χ1v) is 8.39. The van der Waals surface area contributed by atoms with Gasteiger partial charge in [-0.1, -0.05) is 28.9 Å². The van der Waals surface area contributed by atoms with Crippen molar-refractivity contribution >= 4 is 34.7 Å². The van der Waals surface area contributed by atoms with E-state index in [4.69, 9.17) is 20.9 Å².